The molecule has 5 rings (SSSR count). The van der Waals surface area contributed by atoms with E-state index in [1.807, 2.05) is 35.8 Å². The van der Waals surface area contributed by atoms with Crippen molar-refractivity contribution in [2.75, 3.05) is 20.2 Å². The largest absolute Gasteiger partial charge is 0.464 e. The number of methoxy groups -OCH3 is 1. The number of carbonyl (C=O) groups excluding carboxylic acids is 2. The van der Waals surface area contributed by atoms with Crippen LogP contribution in [0.3, 0.4) is 0 Å². The highest BCUT2D eigenvalue weighted by atomic mass is 32.1. The number of hydrogen-bond acceptors (Lipinski definition) is 7. The Kier molecular flexibility index (Phi) is 6.41. The Morgan fingerprint density at radius 1 is 1.26 bits per heavy atom. The zero-order valence-electron chi connectivity index (χ0n) is 18.8. The van der Waals surface area contributed by atoms with Crippen LogP contribution < -0.4 is 5.32 Å². The third-order valence-electron chi connectivity index (χ3n) is 6.27. The first kappa shape index (κ1) is 22.3. The topological polar surface area (TPSA) is 105 Å². The van der Waals surface area contributed by atoms with E-state index in [9.17, 15) is 9.59 Å². The van der Waals surface area contributed by atoms with Crippen LogP contribution in [-0.2, 0) is 22.5 Å². The van der Waals surface area contributed by atoms with Gasteiger partial charge in [0.2, 0.25) is 5.91 Å². The maximum atomic E-state index is 13.2. The highest BCUT2D eigenvalue weighted by molar-refractivity contribution is 7.09. The van der Waals surface area contributed by atoms with Crippen LogP contribution in [0, 0.1) is 0 Å². The second-order valence-corrected chi connectivity index (χ2v) is 9.42. The number of esters is 1. The minimum atomic E-state index is -0.522. The van der Waals surface area contributed by atoms with Crippen LogP contribution in [0.4, 0.5) is 0 Å². The number of carbonyl (C=O) groups is 2. The van der Waals surface area contributed by atoms with Crippen LogP contribution in [0.15, 0.2) is 54.2 Å². The van der Waals surface area contributed by atoms with Crippen molar-refractivity contribution in [3.63, 3.8) is 0 Å². The summed E-state index contributed by atoms with van der Waals surface area (Å²) in [6.45, 7) is 1.89. The monoisotopic (exact) mass is 478 g/mol. The van der Waals surface area contributed by atoms with E-state index in [0.29, 0.717) is 26.1 Å². The first-order chi connectivity index (χ1) is 16.6. The van der Waals surface area contributed by atoms with Gasteiger partial charge in [0.05, 0.1) is 25.4 Å². The van der Waals surface area contributed by atoms with Crippen molar-refractivity contribution in [3.8, 4) is 0 Å². The third kappa shape index (κ3) is 4.59. The SMILES string of the molecule is COC(=O)c1cn([C@H]2C[C@@H](C(=O)NCCc3c[nH]c4ccccc34)N(Cc3cccs3)C2)nn1. The van der Waals surface area contributed by atoms with Gasteiger partial charge in [-0.15, -0.1) is 16.4 Å². The Morgan fingerprint density at radius 3 is 2.97 bits per heavy atom. The van der Waals surface area contributed by atoms with E-state index in [1.54, 1.807) is 22.2 Å². The number of hydrogen-bond donors (Lipinski definition) is 2. The fourth-order valence-electron chi connectivity index (χ4n) is 4.55. The van der Waals surface area contributed by atoms with Crippen molar-refractivity contribution in [1.82, 2.24) is 30.2 Å². The molecule has 3 aromatic heterocycles. The van der Waals surface area contributed by atoms with Crippen LogP contribution in [0.1, 0.15) is 33.4 Å². The molecule has 9 nitrogen and oxygen atoms in total. The van der Waals surface area contributed by atoms with E-state index in [-0.39, 0.29) is 23.7 Å². The highest BCUT2D eigenvalue weighted by Crippen LogP contribution is 2.29. The maximum absolute atomic E-state index is 13.2. The Bertz CT molecular complexity index is 1280. The molecule has 10 heteroatoms. The summed E-state index contributed by atoms with van der Waals surface area (Å²) in [4.78, 5) is 31.7. The number of para-hydroxylation sites is 1. The van der Waals surface area contributed by atoms with E-state index >= 15 is 0 Å². The van der Waals surface area contributed by atoms with Crippen LogP contribution in [0.25, 0.3) is 10.9 Å². The molecule has 0 radical (unpaired) electrons. The number of nitrogens with zero attached hydrogens (tertiary/aromatic N) is 4. The predicted octanol–water partition coefficient (Wildman–Crippen LogP) is 2.78. The van der Waals surface area contributed by atoms with Crippen molar-refractivity contribution in [1.29, 1.82) is 0 Å². The van der Waals surface area contributed by atoms with Crippen molar-refractivity contribution in [3.05, 3.63) is 70.3 Å². The third-order valence-corrected chi connectivity index (χ3v) is 7.13. The second-order valence-electron chi connectivity index (χ2n) is 8.39. The van der Waals surface area contributed by atoms with Crippen LogP contribution >= 0.6 is 11.3 Å². The Labute approximate surface area is 200 Å². The number of likely N-dealkylation sites (tertiary alicyclic amines) is 1. The van der Waals surface area contributed by atoms with Gasteiger partial charge in [0.25, 0.3) is 0 Å². The van der Waals surface area contributed by atoms with Gasteiger partial charge in [-0.25, -0.2) is 9.48 Å². The molecule has 4 aromatic rings. The van der Waals surface area contributed by atoms with E-state index in [2.05, 4.69) is 37.6 Å². The number of nitrogens with one attached hydrogen (secondary N) is 2. The summed E-state index contributed by atoms with van der Waals surface area (Å²) in [5.41, 5.74) is 2.45. The normalized spacial score (nSPS) is 18.4. The minimum Gasteiger partial charge on any atom is -0.464 e. The maximum Gasteiger partial charge on any atom is 0.360 e. The van der Waals surface area contributed by atoms with Crippen molar-refractivity contribution < 1.29 is 14.3 Å². The smallest absolute Gasteiger partial charge is 0.360 e. The minimum absolute atomic E-state index is 0.00667. The number of rotatable bonds is 8. The molecule has 1 aliphatic rings. The lowest BCUT2D eigenvalue weighted by molar-refractivity contribution is -0.125. The van der Waals surface area contributed by atoms with E-state index < -0.39 is 5.97 Å². The highest BCUT2D eigenvalue weighted by Gasteiger charge is 2.38. The Morgan fingerprint density at radius 2 is 2.15 bits per heavy atom. The molecule has 2 N–H and O–H groups in total. The molecule has 1 saturated heterocycles. The summed E-state index contributed by atoms with van der Waals surface area (Å²) < 4.78 is 6.41. The Balaban J connectivity index is 1.26. The molecule has 1 aliphatic heterocycles. The van der Waals surface area contributed by atoms with E-state index in [1.165, 1.54) is 22.9 Å². The average molecular weight is 479 g/mol. The Hall–Kier alpha value is -3.50. The van der Waals surface area contributed by atoms with Crippen molar-refractivity contribution in [2.45, 2.75) is 31.5 Å². The zero-order valence-corrected chi connectivity index (χ0v) is 19.6. The first-order valence-electron chi connectivity index (χ1n) is 11.2. The van der Waals surface area contributed by atoms with Crippen molar-refractivity contribution in [2.24, 2.45) is 0 Å². The van der Waals surface area contributed by atoms with Crippen LogP contribution in [0.2, 0.25) is 0 Å². The van der Waals surface area contributed by atoms with Gasteiger partial charge in [0.15, 0.2) is 5.69 Å². The second kappa shape index (κ2) is 9.78. The summed E-state index contributed by atoms with van der Waals surface area (Å²) in [6, 6.07) is 11.9. The van der Waals surface area contributed by atoms with Crippen LogP contribution in [-0.4, -0.2) is 63.0 Å². The van der Waals surface area contributed by atoms with Gasteiger partial charge < -0.3 is 15.0 Å². The number of ether oxygens (including phenoxy) is 1. The van der Waals surface area contributed by atoms with Gasteiger partial charge in [0.1, 0.15) is 0 Å². The molecule has 0 unspecified atom stereocenters. The van der Waals surface area contributed by atoms with Gasteiger partial charge in [-0.3, -0.25) is 9.69 Å². The summed E-state index contributed by atoms with van der Waals surface area (Å²) in [5, 5.41) is 14.4. The molecule has 1 amide bonds. The number of thiophene rings is 1. The molecular weight excluding hydrogens is 452 g/mol. The molecule has 2 atom stereocenters. The lowest BCUT2D eigenvalue weighted by Gasteiger charge is -2.22. The molecule has 0 aliphatic carbocycles. The molecule has 176 valence electrons. The summed E-state index contributed by atoms with van der Waals surface area (Å²) in [5.74, 6) is -0.515. The lowest BCUT2D eigenvalue weighted by atomic mass is 10.1. The predicted molar refractivity (Wildman–Crippen MR) is 129 cm³/mol. The number of fused-ring (bicyclic) bond motifs is 1. The summed E-state index contributed by atoms with van der Waals surface area (Å²) in [6.07, 6.45) is 4.95. The fourth-order valence-corrected chi connectivity index (χ4v) is 5.28. The molecule has 0 spiro atoms. The molecule has 1 fully saturated rings. The number of H-pyrrole nitrogens is 1. The van der Waals surface area contributed by atoms with Gasteiger partial charge in [-0.1, -0.05) is 29.5 Å². The number of benzene rings is 1. The molecule has 1 aromatic carbocycles. The zero-order chi connectivity index (χ0) is 23.5. The number of amides is 1. The van der Waals surface area contributed by atoms with Crippen LogP contribution in [0.5, 0.6) is 0 Å². The first-order valence-corrected chi connectivity index (χ1v) is 12.1. The quantitative estimate of drug-likeness (QED) is 0.377. The molecular formula is C24H26N6O3S. The fraction of sp³-hybridized carbons (Fsp3) is 0.333. The van der Waals surface area contributed by atoms with Gasteiger partial charge in [-0.2, -0.15) is 0 Å². The van der Waals surface area contributed by atoms with Gasteiger partial charge in [0, 0.05) is 41.6 Å². The lowest BCUT2D eigenvalue weighted by Crippen LogP contribution is -2.43. The van der Waals surface area contributed by atoms with E-state index in [0.717, 1.165) is 11.9 Å². The molecule has 4 heterocycles. The molecule has 0 saturated carbocycles. The van der Waals surface area contributed by atoms with Gasteiger partial charge in [-0.05, 0) is 35.9 Å². The molecule has 0 bridgehead atoms. The number of aromatic amines is 1. The summed E-state index contributed by atoms with van der Waals surface area (Å²) in [7, 11) is 1.32. The standard InChI is InChI=1S/C24H26N6O3S/c1-33-24(32)21-15-30(28-27-21)17-11-22(29(13-17)14-18-5-4-10-34-18)23(31)25-9-8-16-12-26-20-7-3-2-6-19(16)20/h2-7,10,12,15,17,22,26H,8-9,11,13-14H2,1H3,(H,25,31)/t17-,22-/m0/s1. The molecule has 34 heavy (non-hydrogen) atoms. The van der Waals surface area contributed by atoms with Gasteiger partial charge >= 0.3 is 5.97 Å². The van der Waals surface area contributed by atoms with E-state index in [4.69, 9.17) is 4.74 Å². The van der Waals surface area contributed by atoms with Crippen molar-refractivity contribution >= 4 is 34.1 Å². The number of aromatic nitrogens is 4. The average Bonchev–Trinajstić information content (AvgIpc) is 3.65. The summed E-state index contributed by atoms with van der Waals surface area (Å²) >= 11 is 1.68.